The van der Waals surface area contributed by atoms with Gasteiger partial charge < -0.3 is 14.8 Å². The van der Waals surface area contributed by atoms with Crippen molar-refractivity contribution in [3.63, 3.8) is 0 Å². The van der Waals surface area contributed by atoms with Crippen LogP contribution in [0.5, 0.6) is 0 Å². The summed E-state index contributed by atoms with van der Waals surface area (Å²) in [6.07, 6.45) is 4.76. The van der Waals surface area contributed by atoms with Crippen molar-refractivity contribution in [3.05, 3.63) is 30.1 Å². The Morgan fingerprint density at radius 2 is 2.24 bits per heavy atom. The zero-order valence-corrected chi connectivity index (χ0v) is 10.3. The van der Waals surface area contributed by atoms with E-state index in [1.807, 2.05) is 24.5 Å². The van der Waals surface area contributed by atoms with Gasteiger partial charge in [-0.15, -0.1) is 0 Å². The molecule has 1 aliphatic rings. The van der Waals surface area contributed by atoms with Crippen LogP contribution >= 0.6 is 0 Å². The maximum absolute atomic E-state index is 5.76. The number of nitrogens with zero attached hydrogens (tertiary/aromatic N) is 1. The van der Waals surface area contributed by atoms with E-state index < -0.39 is 0 Å². The molecule has 2 unspecified atom stereocenters. The summed E-state index contributed by atoms with van der Waals surface area (Å²) < 4.78 is 11.2. The van der Waals surface area contributed by atoms with E-state index in [0.29, 0.717) is 25.9 Å². The molecule has 4 nitrogen and oxygen atoms in total. The molecule has 0 saturated carbocycles. The van der Waals surface area contributed by atoms with Gasteiger partial charge in [0.25, 0.3) is 0 Å². The molecule has 0 amide bonds. The van der Waals surface area contributed by atoms with Crippen molar-refractivity contribution in [2.75, 3.05) is 26.4 Å². The van der Waals surface area contributed by atoms with Gasteiger partial charge in [-0.1, -0.05) is 6.92 Å². The lowest BCUT2D eigenvalue weighted by Gasteiger charge is -2.31. The minimum absolute atomic E-state index is 0.150. The molecule has 17 heavy (non-hydrogen) atoms. The Bertz CT molecular complexity index is 312. The van der Waals surface area contributed by atoms with Crippen LogP contribution in [0.4, 0.5) is 0 Å². The minimum Gasteiger partial charge on any atom is -0.376 e. The number of likely N-dealkylation sites (N-methyl/N-ethyl adjacent to an activating group) is 1. The first kappa shape index (κ1) is 12.5. The van der Waals surface area contributed by atoms with Crippen molar-refractivity contribution in [1.82, 2.24) is 10.3 Å². The molecular formula is C13H20N2O2. The molecule has 2 atom stereocenters. The number of hydrogen-bond acceptors (Lipinski definition) is 4. The molecule has 0 spiro atoms. The second kappa shape index (κ2) is 6.69. The van der Waals surface area contributed by atoms with Crippen molar-refractivity contribution in [3.8, 4) is 0 Å². The topological polar surface area (TPSA) is 43.4 Å². The molecule has 1 saturated heterocycles. The third kappa shape index (κ3) is 3.77. The van der Waals surface area contributed by atoms with Crippen molar-refractivity contribution in [2.24, 2.45) is 0 Å². The van der Waals surface area contributed by atoms with Crippen molar-refractivity contribution >= 4 is 0 Å². The van der Waals surface area contributed by atoms with Gasteiger partial charge in [-0.25, -0.2) is 0 Å². The number of rotatable bonds is 5. The number of ether oxygens (including phenoxy) is 2. The first-order valence-electron chi connectivity index (χ1n) is 6.21. The molecule has 0 aromatic carbocycles. The summed E-state index contributed by atoms with van der Waals surface area (Å²) in [7, 11) is 0. The summed E-state index contributed by atoms with van der Waals surface area (Å²) in [5, 5.41) is 3.48. The van der Waals surface area contributed by atoms with E-state index in [4.69, 9.17) is 9.47 Å². The van der Waals surface area contributed by atoms with E-state index in [1.165, 1.54) is 5.56 Å². The maximum atomic E-state index is 5.76. The normalized spacial score (nSPS) is 22.3. The van der Waals surface area contributed by atoms with Gasteiger partial charge in [0.05, 0.1) is 25.9 Å². The smallest absolute Gasteiger partial charge is 0.0965 e. The van der Waals surface area contributed by atoms with Crippen LogP contribution < -0.4 is 5.32 Å². The lowest BCUT2D eigenvalue weighted by Crippen LogP contribution is -2.47. The van der Waals surface area contributed by atoms with Crippen LogP contribution in [-0.2, 0) is 15.9 Å². The largest absolute Gasteiger partial charge is 0.376 e. The maximum Gasteiger partial charge on any atom is 0.0965 e. The summed E-state index contributed by atoms with van der Waals surface area (Å²) in [6, 6.07) is 4.41. The van der Waals surface area contributed by atoms with E-state index in [9.17, 15) is 0 Å². The highest BCUT2D eigenvalue weighted by molar-refractivity contribution is 5.12. The molecule has 0 aliphatic carbocycles. The molecule has 1 aromatic heterocycles. The third-order valence-corrected chi connectivity index (χ3v) is 2.96. The fourth-order valence-corrected chi connectivity index (χ4v) is 2.11. The van der Waals surface area contributed by atoms with Gasteiger partial charge in [0.1, 0.15) is 0 Å². The Morgan fingerprint density at radius 3 is 2.88 bits per heavy atom. The standard InChI is InChI=1S/C13H20N2O2/c1-2-15-12(13-10-16-7-8-17-13)9-11-3-5-14-6-4-11/h3-6,12-13,15H,2,7-10H2,1H3. The quantitative estimate of drug-likeness (QED) is 0.829. The summed E-state index contributed by atoms with van der Waals surface area (Å²) in [6.45, 7) is 5.15. The molecule has 2 heterocycles. The van der Waals surface area contributed by atoms with Gasteiger partial charge in [0.2, 0.25) is 0 Å². The van der Waals surface area contributed by atoms with Crippen LogP contribution in [0.3, 0.4) is 0 Å². The summed E-state index contributed by atoms with van der Waals surface area (Å²) >= 11 is 0. The van der Waals surface area contributed by atoms with Crippen LogP contribution in [0.1, 0.15) is 12.5 Å². The lowest BCUT2D eigenvalue weighted by atomic mass is 10.0. The second-order valence-electron chi connectivity index (χ2n) is 4.21. The molecule has 94 valence electrons. The number of nitrogens with one attached hydrogen (secondary N) is 1. The van der Waals surface area contributed by atoms with Crippen LogP contribution in [0, 0.1) is 0 Å². The van der Waals surface area contributed by atoms with Gasteiger partial charge in [-0.3, -0.25) is 4.98 Å². The third-order valence-electron chi connectivity index (χ3n) is 2.96. The molecule has 0 radical (unpaired) electrons. The van der Waals surface area contributed by atoms with Crippen molar-refractivity contribution in [2.45, 2.75) is 25.5 Å². The number of hydrogen-bond donors (Lipinski definition) is 1. The van der Waals surface area contributed by atoms with Gasteiger partial charge in [-0.2, -0.15) is 0 Å². The fourth-order valence-electron chi connectivity index (χ4n) is 2.11. The highest BCUT2D eigenvalue weighted by Crippen LogP contribution is 2.11. The first-order chi connectivity index (χ1) is 8.40. The highest BCUT2D eigenvalue weighted by atomic mass is 16.6. The molecule has 1 fully saturated rings. The zero-order chi connectivity index (χ0) is 11.9. The van der Waals surface area contributed by atoms with E-state index in [2.05, 4.69) is 17.2 Å². The zero-order valence-electron chi connectivity index (χ0n) is 10.3. The molecule has 4 heteroatoms. The summed E-state index contributed by atoms with van der Waals surface area (Å²) in [4.78, 5) is 4.03. The Morgan fingerprint density at radius 1 is 1.41 bits per heavy atom. The fraction of sp³-hybridized carbons (Fsp3) is 0.615. The molecule has 1 aliphatic heterocycles. The van der Waals surface area contributed by atoms with E-state index >= 15 is 0 Å². The van der Waals surface area contributed by atoms with Crippen LogP contribution in [0.2, 0.25) is 0 Å². The van der Waals surface area contributed by atoms with Crippen LogP contribution in [0.15, 0.2) is 24.5 Å². The first-order valence-corrected chi connectivity index (χ1v) is 6.21. The number of aromatic nitrogens is 1. The Balaban J connectivity index is 1.96. The van der Waals surface area contributed by atoms with Crippen molar-refractivity contribution < 1.29 is 9.47 Å². The molecular weight excluding hydrogens is 216 g/mol. The van der Waals surface area contributed by atoms with Crippen molar-refractivity contribution in [1.29, 1.82) is 0 Å². The molecule has 2 rings (SSSR count). The molecule has 1 aromatic rings. The average Bonchev–Trinajstić information content (AvgIpc) is 2.40. The van der Waals surface area contributed by atoms with E-state index in [1.54, 1.807) is 0 Å². The summed E-state index contributed by atoms with van der Waals surface area (Å²) in [5.41, 5.74) is 1.28. The second-order valence-corrected chi connectivity index (χ2v) is 4.21. The van der Waals surface area contributed by atoms with Gasteiger partial charge in [-0.05, 0) is 30.7 Å². The Labute approximate surface area is 102 Å². The predicted molar refractivity (Wildman–Crippen MR) is 66.0 cm³/mol. The average molecular weight is 236 g/mol. The van der Waals surface area contributed by atoms with E-state index in [0.717, 1.165) is 13.0 Å². The highest BCUT2D eigenvalue weighted by Gasteiger charge is 2.24. The predicted octanol–water partition coefficient (Wildman–Crippen LogP) is 1.02. The minimum atomic E-state index is 0.150. The SMILES string of the molecule is CCNC(Cc1ccncc1)C1COCCO1. The van der Waals surface area contributed by atoms with Crippen LogP contribution in [0.25, 0.3) is 0 Å². The van der Waals surface area contributed by atoms with Gasteiger partial charge >= 0.3 is 0 Å². The van der Waals surface area contributed by atoms with Crippen LogP contribution in [-0.4, -0.2) is 43.5 Å². The van der Waals surface area contributed by atoms with Gasteiger partial charge in [0, 0.05) is 18.4 Å². The molecule has 1 N–H and O–H groups in total. The van der Waals surface area contributed by atoms with E-state index in [-0.39, 0.29) is 6.10 Å². The molecule has 0 bridgehead atoms. The number of pyridine rings is 1. The summed E-state index contributed by atoms with van der Waals surface area (Å²) in [5.74, 6) is 0. The lowest BCUT2D eigenvalue weighted by molar-refractivity contribution is -0.101. The van der Waals surface area contributed by atoms with Gasteiger partial charge in [0.15, 0.2) is 0 Å². The monoisotopic (exact) mass is 236 g/mol. The Kier molecular flexibility index (Phi) is 4.91. The Hall–Kier alpha value is -0.970.